The van der Waals surface area contributed by atoms with Gasteiger partial charge in [-0.25, -0.2) is 4.39 Å². The van der Waals surface area contributed by atoms with E-state index in [9.17, 15) is 9.18 Å². The van der Waals surface area contributed by atoms with Crippen LogP contribution in [0.2, 0.25) is 0 Å². The molecular weight excluding hydrogens is 219 g/mol. The van der Waals surface area contributed by atoms with Gasteiger partial charge in [-0.2, -0.15) is 0 Å². The fourth-order valence-corrected chi connectivity index (χ4v) is 1.51. The van der Waals surface area contributed by atoms with Crippen molar-refractivity contribution >= 4 is 5.91 Å². The van der Waals surface area contributed by atoms with Gasteiger partial charge in [-0.3, -0.25) is 4.79 Å². The summed E-state index contributed by atoms with van der Waals surface area (Å²) in [7, 11) is 0. The minimum atomic E-state index is -0.379. The molecule has 0 aliphatic carbocycles. The smallest absolute Gasteiger partial charge is 0.251 e. The molecule has 0 spiro atoms. The highest BCUT2D eigenvalue weighted by Crippen LogP contribution is 2.07. The molecule has 1 amide bonds. The number of benzene rings is 1. The highest BCUT2D eigenvalue weighted by molar-refractivity contribution is 5.94. The highest BCUT2D eigenvalue weighted by Gasteiger charge is 2.06. The third-order valence-electron chi connectivity index (χ3n) is 2.27. The molecular formula is C13H19FN2O. The summed E-state index contributed by atoms with van der Waals surface area (Å²) < 4.78 is 13.1. The second kappa shape index (κ2) is 6.35. The molecule has 0 saturated heterocycles. The number of hydrogen-bond acceptors (Lipinski definition) is 2. The topological polar surface area (TPSA) is 41.1 Å². The lowest BCUT2D eigenvalue weighted by molar-refractivity contribution is 0.0953. The Balaban J connectivity index is 2.47. The van der Waals surface area contributed by atoms with Gasteiger partial charge < -0.3 is 10.6 Å². The monoisotopic (exact) mass is 238 g/mol. The molecule has 0 radical (unpaired) electrons. The minimum absolute atomic E-state index is 0.238. The summed E-state index contributed by atoms with van der Waals surface area (Å²) in [5, 5.41) is 5.93. The summed E-state index contributed by atoms with van der Waals surface area (Å²) >= 11 is 0. The van der Waals surface area contributed by atoms with E-state index >= 15 is 0 Å². The Kier molecular flexibility index (Phi) is 5.10. The van der Waals surface area contributed by atoms with Crippen molar-refractivity contribution in [1.29, 1.82) is 0 Å². The maximum atomic E-state index is 13.1. The van der Waals surface area contributed by atoms with E-state index in [0.29, 0.717) is 24.7 Å². The van der Waals surface area contributed by atoms with Crippen LogP contribution in [-0.4, -0.2) is 25.0 Å². The zero-order valence-corrected chi connectivity index (χ0v) is 10.5. The second-order valence-electron chi connectivity index (χ2n) is 4.38. The van der Waals surface area contributed by atoms with Crippen molar-refractivity contribution in [2.24, 2.45) is 0 Å². The molecule has 0 fully saturated rings. The molecule has 0 heterocycles. The molecule has 0 aliphatic rings. The van der Waals surface area contributed by atoms with Crippen LogP contribution in [0.25, 0.3) is 0 Å². The number of rotatable bonds is 5. The van der Waals surface area contributed by atoms with Gasteiger partial charge in [0.05, 0.1) is 0 Å². The molecule has 1 aromatic rings. The van der Waals surface area contributed by atoms with Crippen LogP contribution >= 0.6 is 0 Å². The zero-order valence-electron chi connectivity index (χ0n) is 10.5. The second-order valence-corrected chi connectivity index (χ2v) is 4.38. The van der Waals surface area contributed by atoms with Crippen molar-refractivity contribution in [2.75, 3.05) is 13.1 Å². The Labute approximate surface area is 101 Å². The summed E-state index contributed by atoms with van der Waals surface area (Å²) in [5.74, 6) is -0.617. The Morgan fingerprint density at radius 1 is 1.29 bits per heavy atom. The van der Waals surface area contributed by atoms with Crippen LogP contribution in [0.5, 0.6) is 0 Å². The SMILES string of the molecule is Cc1cc(F)cc(C(=O)NCCNC(C)C)c1. The van der Waals surface area contributed by atoms with Crippen molar-refractivity contribution in [3.8, 4) is 0 Å². The van der Waals surface area contributed by atoms with E-state index < -0.39 is 0 Å². The molecule has 0 bridgehead atoms. The molecule has 0 aliphatic heterocycles. The van der Waals surface area contributed by atoms with E-state index in [2.05, 4.69) is 10.6 Å². The molecule has 94 valence electrons. The first-order valence-corrected chi connectivity index (χ1v) is 5.78. The van der Waals surface area contributed by atoms with Crippen LogP contribution in [0.3, 0.4) is 0 Å². The average molecular weight is 238 g/mol. The Morgan fingerprint density at radius 2 is 2.00 bits per heavy atom. The third kappa shape index (κ3) is 4.95. The zero-order chi connectivity index (χ0) is 12.8. The first-order valence-electron chi connectivity index (χ1n) is 5.78. The first-order chi connectivity index (χ1) is 7.99. The normalized spacial score (nSPS) is 10.6. The number of hydrogen-bond donors (Lipinski definition) is 2. The van der Waals surface area contributed by atoms with Crippen molar-refractivity contribution < 1.29 is 9.18 Å². The van der Waals surface area contributed by atoms with Gasteiger partial charge in [0.1, 0.15) is 5.82 Å². The van der Waals surface area contributed by atoms with Gasteiger partial charge in [-0.05, 0) is 30.7 Å². The maximum absolute atomic E-state index is 13.1. The van der Waals surface area contributed by atoms with Crippen LogP contribution in [0.4, 0.5) is 4.39 Å². The number of amides is 1. The molecule has 0 saturated carbocycles. The molecule has 0 atom stereocenters. The van der Waals surface area contributed by atoms with Crippen molar-refractivity contribution in [2.45, 2.75) is 26.8 Å². The van der Waals surface area contributed by atoms with Gasteiger partial charge in [0.25, 0.3) is 5.91 Å². The van der Waals surface area contributed by atoms with E-state index in [1.807, 2.05) is 13.8 Å². The van der Waals surface area contributed by atoms with Crippen molar-refractivity contribution in [3.05, 3.63) is 35.1 Å². The Hall–Kier alpha value is -1.42. The van der Waals surface area contributed by atoms with Gasteiger partial charge in [-0.15, -0.1) is 0 Å². The molecule has 17 heavy (non-hydrogen) atoms. The predicted octanol–water partition coefficient (Wildman–Crippen LogP) is 1.86. The van der Waals surface area contributed by atoms with Crippen LogP contribution in [0.1, 0.15) is 29.8 Å². The highest BCUT2D eigenvalue weighted by atomic mass is 19.1. The molecule has 4 heteroatoms. The minimum Gasteiger partial charge on any atom is -0.351 e. The van der Waals surface area contributed by atoms with Crippen LogP contribution < -0.4 is 10.6 Å². The van der Waals surface area contributed by atoms with Gasteiger partial charge >= 0.3 is 0 Å². The fraction of sp³-hybridized carbons (Fsp3) is 0.462. The van der Waals surface area contributed by atoms with Crippen molar-refractivity contribution in [3.63, 3.8) is 0 Å². The van der Waals surface area contributed by atoms with Gasteiger partial charge in [0.15, 0.2) is 0 Å². The number of aryl methyl sites for hydroxylation is 1. The Morgan fingerprint density at radius 3 is 2.59 bits per heavy atom. The Bertz CT molecular complexity index is 371. The number of halogens is 1. The van der Waals surface area contributed by atoms with Gasteiger partial charge in [-0.1, -0.05) is 13.8 Å². The summed E-state index contributed by atoms with van der Waals surface area (Å²) in [6.45, 7) is 7.08. The summed E-state index contributed by atoms with van der Waals surface area (Å²) in [4.78, 5) is 11.7. The molecule has 0 aromatic heterocycles. The summed E-state index contributed by atoms with van der Waals surface area (Å²) in [5.41, 5.74) is 1.11. The predicted molar refractivity (Wildman–Crippen MR) is 66.6 cm³/mol. The lowest BCUT2D eigenvalue weighted by Gasteiger charge is -2.09. The molecule has 2 N–H and O–H groups in total. The van der Waals surface area contributed by atoms with E-state index in [-0.39, 0.29) is 11.7 Å². The average Bonchev–Trinajstić information content (AvgIpc) is 2.22. The number of carbonyl (C=O) groups is 1. The molecule has 3 nitrogen and oxygen atoms in total. The van der Waals surface area contributed by atoms with E-state index in [4.69, 9.17) is 0 Å². The maximum Gasteiger partial charge on any atom is 0.251 e. The first kappa shape index (κ1) is 13.6. The molecule has 1 rings (SSSR count). The summed E-state index contributed by atoms with van der Waals surface area (Å²) in [6, 6.07) is 4.71. The standard InChI is InChI=1S/C13H19FN2O/c1-9(2)15-4-5-16-13(17)11-6-10(3)7-12(14)8-11/h6-9,15H,4-5H2,1-3H3,(H,16,17). The van der Waals surface area contributed by atoms with E-state index in [1.165, 1.54) is 12.1 Å². The van der Waals surface area contributed by atoms with E-state index in [1.54, 1.807) is 13.0 Å². The lowest BCUT2D eigenvalue weighted by Crippen LogP contribution is -2.34. The number of carbonyl (C=O) groups excluding carboxylic acids is 1. The molecule has 1 aromatic carbocycles. The largest absolute Gasteiger partial charge is 0.351 e. The molecule has 0 unspecified atom stereocenters. The van der Waals surface area contributed by atoms with Crippen LogP contribution in [0.15, 0.2) is 18.2 Å². The van der Waals surface area contributed by atoms with Crippen LogP contribution in [0, 0.1) is 12.7 Å². The van der Waals surface area contributed by atoms with Crippen LogP contribution in [-0.2, 0) is 0 Å². The van der Waals surface area contributed by atoms with Crippen molar-refractivity contribution in [1.82, 2.24) is 10.6 Å². The summed E-state index contributed by atoms with van der Waals surface area (Å²) in [6.07, 6.45) is 0. The number of nitrogens with one attached hydrogen (secondary N) is 2. The fourth-order valence-electron chi connectivity index (χ4n) is 1.51. The van der Waals surface area contributed by atoms with Gasteiger partial charge in [0, 0.05) is 24.7 Å². The van der Waals surface area contributed by atoms with Gasteiger partial charge in [0.2, 0.25) is 0 Å². The third-order valence-corrected chi connectivity index (χ3v) is 2.27. The van der Waals surface area contributed by atoms with E-state index in [0.717, 1.165) is 5.56 Å². The quantitative estimate of drug-likeness (QED) is 0.769. The lowest BCUT2D eigenvalue weighted by atomic mass is 10.1.